The monoisotopic (exact) mass is 595 g/mol. The molecule has 0 N–H and O–H groups in total. The molecule has 1 aromatic heterocycles. The number of carbonyl (C=O) groups is 1. The number of para-hydroxylation sites is 1. The van der Waals surface area contributed by atoms with Crippen LogP contribution in [0.2, 0.25) is 0 Å². The van der Waals surface area contributed by atoms with Crippen molar-refractivity contribution in [2.75, 3.05) is 6.61 Å². The van der Waals surface area contributed by atoms with Crippen molar-refractivity contribution in [3.63, 3.8) is 0 Å². The van der Waals surface area contributed by atoms with Crippen molar-refractivity contribution in [1.29, 1.82) is 0 Å². The Labute approximate surface area is 241 Å². The normalized spacial score (nSPS) is 12.0. The number of fused-ring (bicyclic) bond motifs is 1. The molecule has 2 aromatic carbocycles. The molecule has 0 radical (unpaired) electrons. The van der Waals surface area contributed by atoms with E-state index in [0.29, 0.717) is 43.8 Å². The third-order valence-electron chi connectivity index (χ3n) is 8.16. The number of ketones is 1. The fourth-order valence-electron chi connectivity index (χ4n) is 4.11. The summed E-state index contributed by atoms with van der Waals surface area (Å²) < 4.78 is 14.9. The molecule has 0 aliphatic rings. The van der Waals surface area contributed by atoms with Crippen LogP contribution in [0.3, 0.4) is 0 Å². The summed E-state index contributed by atoms with van der Waals surface area (Å²) in [5.74, 6) is 2.06. The van der Waals surface area contributed by atoms with Gasteiger partial charge in [0, 0.05) is 24.7 Å². The van der Waals surface area contributed by atoms with Crippen LogP contribution in [-0.4, -0.2) is 27.4 Å². The molecule has 6 nitrogen and oxygen atoms in total. The van der Waals surface area contributed by atoms with Crippen molar-refractivity contribution in [3.05, 3.63) is 70.1 Å². The highest BCUT2D eigenvalue weighted by molar-refractivity contribution is 9.10. The van der Waals surface area contributed by atoms with Crippen LogP contribution in [0.5, 0.6) is 5.75 Å². The molecule has 0 amide bonds. The molecule has 0 aliphatic carbocycles. The predicted molar refractivity (Wildman–Crippen MR) is 162 cm³/mol. The number of rotatable bonds is 12. The van der Waals surface area contributed by atoms with Crippen LogP contribution in [0.15, 0.2) is 53.4 Å². The van der Waals surface area contributed by atoms with E-state index in [2.05, 4.69) is 87.9 Å². The molecule has 0 saturated heterocycles. The molecule has 0 saturated carbocycles. The van der Waals surface area contributed by atoms with Gasteiger partial charge in [-0.15, -0.1) is 5.10 Å². The summed E-state index contributed by atoms with van der Waals surface area (Å²) in [5, 5.41) is 8.76. The summed E-state index contributed by atoms with van der Waals surface area (Å²) in [5.41, 5.74) is 5.63. The number of hydrogen-bond donors (Lipinski definition) is 0. The standard InChI is InChI=1S/C32H42BrN3O3/c1-20(17-18-25(37)14-13-19-38-24(5)32(9,10)31(6,7)8)39-30-28(33)22(3)21(2)23(4)29(30)36-27-16-12-11-15-26(27)34-35-36/h11-12,15-16H,1,5,13-14,17-19H2,2-4,6-10H3. The number of hydrogen-bond acceptors (Lipinski definition) is 5. The zero-order valence-corrected chi connectivity index (χ0v) is 26.3. The Kier molecular flexibility index (Phi) is 9.47. The first-order valence-corrected chi connectivity index (χ1v) is 14.3. The number of benzene rings is 2. The quantitative estimate of drug-likeness (QED) is 0.155. The van der Waals surface area contributed by atoms with Crippen molar-refractivity contribution < 1.29 is 14.3 Å². The van der Waals surface area contributed by atoms with Gasteiger partial charge in [-0.2, -0.15) is 0 Å². The molecule has 39 heavy (non-hydrogen) atoms. The average Bonchev–Trinajstić information content (AvgIpc) is 3.30. The molecule has 7 heteroatoms. The van der Waals surface area contributed by atoms with Crippen LogP contribution in [0.1, 0.15) is 77.0 Å². The van der Waals surface area contributed by atoms with E-state index >= 15 is 0 Å². The molecule has 3 aromatic rings. The number of ether oxygens (including phenoxy) is 2. The summed E-state index contributed by atoms with van der Waals surface area (Å²) in [7, 11) is 0. The molecule has 0 fully saturated rings. The maximum atomic E-state index is 12.6. The van der Waals surface area contributed by atoms with E-state index in [1.165, 1.54) is 0 Å². The number of carbonyl (C=O) groups excluding carboxylic acids is 1. The van der Waals surface area contributed by atoms with Crippen LogP contribution >= 0.6 is 15.9 Å². The fraction of sp³-hybridized carbons (Fsp3) is 0.469. The Hall–Kier alpha value is -2.93. The highest BCUT2D eigenvalue weighted by Gasteiger charge is 2.36. The third kappa shape index (κ3) is 6.63. The molecule has 0 spiro atoms. The lowest BCUT2D eigenvalue weighted by Crippen LogP contribution is -2.32. The molecule has 3 rings (SSSR count). The van der Waals surface area contributed by atoms with E-state index in [1.54, 1.807) is 0 Å². The van der Waals surface area contributed by atoms with Gasteiger partial charge < -0.3 is 9.47 Å². The summed E-state index contributed by atoms with van der Waals surface area (Å²) in [6.07, 6.45) is 1.88. The predicted octanol–water partition coefficient (Wildman–Crippen LogP) is 8.73. The fourth-order valence-corrected chi connectivity index (χ4v) is 4.68. The minimum atomic E-state index is -0.162. The van der Waals surface area contributed by atoms with Crippen LogP contribution in [0.4, 0.5) is 0 Å². The number of aromatic nitrogens is 3. The van der Waals surface area contributed by atoms with E-state index in [1.807, 2.05) is 35.9 Å². The van der Waals surface area contributed by atoms with Gasteiger partial charge in [0.15, 0.2) is 5.75 Å². The Morgan fingerprint density at radius 3 is 2.31 bits per heavy atom. The minimum Gasteiger partial charge on any atom is -0.498 e. The van der Waals surface area contributed by atoms with Gasteiger partial charge in [0.2, 0.25) is 0 Å². The number of halogens is 1. The van der Waals surface area contributed by atoms with Crippen molar-refractivity contribution in [1.82, 2.24) is 15.0 Å². The molecule has 210 valence electrons. The smallest absolute Gasteiger partial charge is 0.167 e. The summed E-state index contributed by atoms with van der Waals surface area (Å²) in [4.78, 5) is 12.6. The van der Waals surface area contributed by atoms with Crippen LogP contribution in [0.25, 0.3) is 16.7 Å². The summed E-state index contributed by atoms with van der Waals surface area (Å²) in [6.45, 7) is 25.7. The van der Waals surface area contributed by atoms with Crippen LogP contribution in [-0.2, 0) is 9.53 Å². The maximum Gasteiger partial charge on any atom is 0.167 e. The lowest BCUT2D eigenvalue weighted by Gasteiger charge is -2.39. The van der Waals surface area contributed by atoms with E-state index in [4.69, 9.17) is 9.47 Å². The van der Waals surface area contributed by atoms with Gasteiger partial charge >= 0.3 is 0 Å². The lowest BCUT2D eigenvalue weighted by atomic mass is 9.68. The second-order valence-electron chi connectivity index (χ2n) is 11.8. The first-order chi connectivity index (χ1) is 18.2. The van der Waals surface area contributed by atoms with Crippen LogP contribution in [0, 0.1) is 31.6 Å². The number of Topliss-reactive ketones (excluding diaryl/α,β-unsaturated/α-hetero) is 1. The zero-order chi connectivity index (χ0) is 29.1. The van der Waals surface area contributed by atoms with Crippen molar-refractivity contribution >= 4 is 32.7 Å². The topological polar surface area (TPSA) is 66.2 Å². The Morgan fingerprint density at radius 1 is 0.974 bits per heavy atom. The second-order valence-corrected chi connectivity index (χ2v) is 12.6. The van der Waals surface area contributed by atoms with Crippen molar-refractivity contribution in [2.45, 2.75) is 81.1 Å². The van der Waals surface area contributed by atoms with Crippen LogP contribution < -0.4 is 4.74 Å². The number of nitrogens with zero attached hydrogens (tertiary/aromatic N) is 3. The van der Waals surface area contributed by atoms with Gasteiger partial charge in [-0.1, -0.05) is 65.1 Å². The number of allylic oxidation sites excluding steroid dienone is 2. The van der Waals surface area contributed by atoms with E-state index in [9.17, 15) is 4.79 Å². The van der Waals surface area contributed by atoms with Gasteiger partial charge in [0.05, 0.1) is 28.1 Å². The summed E-state index contributed by atoms with van der Waals surface area (Å²) >= 11 is 3.74. The zero-order valence-electron chi connectivity index (χ0n) is 24.7. The van der Waals surface area contributed by atoms with Gasteiger partial charge in [-0.25, -0.2) is 4.68 Å². The maximum absolute atomic E-state index is 12.6. The van der Waals surface area contributed by atoms with Crippen molar-refractivity contribution in [2.24, 2.45) is 10.8 Å². The van der Waals surface area contributed by atoms with E-state index < -0.39 is 0 Å². The SMILES string of the molecule is C=C(CCC(=O)CCCOC(=C)C(C)(C)C(C)(C)C)Oc1c(Br)c(C)c(C)c(C)c1-n1nnc2ccccc21. The van der Waals surface area contributed by atoms with E-state index in [0.717, 1.165) is 43.6 Å². The Balaban J connectivity index is 1.64. The molecule has 1 heterocycles. The molecule has 0 aliphatic heterocycles. The first kappa shape index (κ1) is 30.6. The highest BCUT2D eigenvalue weighted by Crippen LogP contribution is 2.44. The Bertz CT molecular complexity index is 1400. The van der Waals surface area contributed by atoms with Gasteiger partial charge in [0.1, 0.15) is 17.0 Å². The van der Waals surface area contributed by atoms with Gasteiger partial charge in [-0.05, 0) is 77.4 Å². The summed E-state index contributed by atoms with van der Waals surface area (Å²) in [6, 6.07) is 7.82. The highest BCUT2D eigenvalue weighted by atomic mass is 79.9. The van der Waals surface area contributed by atoms with Crippen molar-refractivity contribution in [3.8, 4) is 11.4 Å². The average molecular weight is 597 g/mol. The molecule has 0 unspecified atom stereocenters. The first-order valence-electron chi connectivity index (χ1n) is 13.5. The molecule has 0 atom stereocenters. The molecular weight excluding hydrogens is 554 g/mol. The molecule has 0 bridgehead atoms. The molecular formula is C32H42BrN3O3. The van der Waals surface area contributed by atoms with Gasteiger partial charge in [0.25, 0.3) is 0 Å². The minimum absolute atomic E-state index is 0.0324. The largest absolute Gasteiger partial charge is 0.498 e. The third-order valence-corrected chi connectivity index (χ3v) is 9.12. The van der Waals surface area contributed by atoms with E-state index in [-0.39, 0.29) is 16.6 Å². The lowest BCUT2D eigenvalue weighted by molar-refractivity contribution is -0.119. The second kappa shape index (κ2) is 12.1. The van der Waals surface area contributed by atoms with Gasteiger partial charge in [-0.3, -0.25) is 4.79 Å². The Morgan fingerprint density at radius 2 is 1.64 bits per heavy atom.